The molecule has 1 saturated heterocycles. The molecule has 1 amide bonds. The van der Waals surface area contributed by atoms with Crippen molar-refractivity contribution >= 4 is 15.9 Å². The van der Waals surface area contributed by atoms with Gasteiger partial charge in [-0.25, -0.2) is 13.2 Å². The zero-order valence-corrected chi connectivity index (χ0v) is 11.2. The minimum Gasteiger partial charge on any atom is -0.444 e. The second kappa shape index (κ2) is 3.88. The molecule has 1 rings (SSSR count). The van der Waals surface area contributed by atoms with Crippen molar-refractivity contribution in [2.24, 2.45) is 0 Å². The van der Waals surface area contributed by atoms with Crippen LogP contribution in [0.15, 0.2) is 0 Å². The summed E-state index contributed by atoms with van der Waals surface area (Å²) < 4.78 is 27.4. The van der Waals surface area contributed by atoms with Crippen molar-refractivity contribution in [1.82, 2.24) is 4.90 Å². The van der Waals surface area contributed by atoms with E-state index in [1.54, 1.807) is 20.8 Å². The van der Waals surface area contributed by atoms with Gasteiger partial charge in [0.25, 0.3) is 0 Å². The molecule has 1 fully saturated rings. The number of carbonyl (C=O) groups excluding carboxylic acids is 1. The summed E-state index contributed by atoms with van der Waals surface area (Å²) in [4.78, 5) is 12.8. The van der Waals surface area contributed by atoms with Crippen LogP contribution in [0.1, 0.15) is 20.8 Å². The molecule has 0 radical (unpaired) electrons. The Morgan fingerprint density at radius 3 is 2.18 bits per heavy atom. The summed E-state index contributed by atoms with van der Waals surface area (Å²) in [6.45, 7) is 5.11. The number of ether oxygens (including phenoxy) is 1. The van der Waals surface area contributed by atoms with Crippen LogP contribution in [0.4, 0.5) is 4.79 Å². The molecule has 0 aliphatic carbocycles. The first kappa shape index (κ1) is 13.8. The van der Waals surface area contributed by atoms with Crippen molar-refractivity contribution in [3.63, 3.8) is 0 Å². The van der Waals surface area contributed by atoms with E-state index in [1.807, 2.05) is 6.07 Å². The van der Waals surface area contributed by atoms with Crippen LogP contribution in [0.2, 0.25) is 0 Å². The maximum atomic E-state index is 11.7. The van der Waals surface area contributed by atoms with E-state index < -0.39 is 27.1 Å². The van der Waals surface area contributed by atoms with Crippen molar-refractivity contribution in [2.75, 3.05) is 18.6 Å². The SMILES string of the molecule is CN(C(=O)OC(C)(C)C)C1(C#N)CS(=O)(=O)C1. The predicted octanol–water partition coefficient (Wildman–Crippen LogP) is 0.544. The van der Waals surface area contributed by atoms with Gasteiger partial charge in [-0.3, -0.25) is 4.90 Å². The van der Waals surface area contributed by atoms with Crippen molar-refractivity contribution in [2.45, 2.75) is 31.9 Å². The zero-order valence-electron chi connectivity index (χ0n) is 10.3. The fourth-order valence-corrected chi connectivity index (χ4v) is 3.41. The smallest absolute Gasteiger partial charge is 0.411 e. The van der Waals surface area contributed by atoms with E-state index in [-0.39, 0.29) is 11.5 Å². The van der Waals surface area contributed by atoms with Crippen molar-refractivity contribution in [1.29, 1.82) is 5.26 Å². The highest BCUT2D eigenvalue weighted by atomic mass is 32.2. The van der Waals surface area contributed by atoms with Gasteiger partial charge in [0.1, 0.15) is 5.60 Å². The second-order valence-corrected chi connectivity index (χ2v) is 7.28. The van der Waals surface area contributed by atoms with Gasteiger partial charge in [-0.15, -0.1) is 0 Å². The number of hydrogen-bond donors (Lipinski definition) is 0. The fraction of sp³-hybridized carbons (Fsp3) is 0.800. The standard InChI is InChI=1S/C10H16N2O4S/c1-9(2,3)16-8(13)12(4)10(5-11)6-17(14,15)7-10/h6-7H2,1-4H3. The molecule has 0 spiro atoms. The van der Waals surface area contributed by atoms with Crippen LogP contribution in [0, 0.1) is 11.3 Å². The molecule has 17 heavy (non-hydrogen) atoms. The first-order valence-corrected chi connectivity index (χ1v) is 6.92. The third-order valence-electron chi connectivity index (χ3n) is 2.43. The maximum absolute atomic E-state index is 11.7. The summed E-state index contributed by atoms with van der Waals surface area (Å²) in [5.41, 5.74) is -1.95. The van der Waals surface area contributed by atoms with Gasteiger partial charge in [0.05, 0.1) is 17.6 Å². The summed E-state index contributed by atoms with van der Waals surface area (Å²) >= 11 is 0. The average Bonchev–Trinajstić information content (AvgIpc) is 2.09. The van der Waals surface area contributed by atoms with Gasteiger partial charge in [0.2, 0.25) is 0 Å². The molecule has 0 atom stereocenters. The number of nitriles is 1. The molecule has 0 N–H and O–H groups in total. The Bertz CT molecular complexity index is 458. The quantitative estimate of drug-likeness (QED) is 0.686. The summed E-state index contributed by atoms with van der Waals surface area (Å²) in [6, 6.07) is 1.88. The van der Waals surface area contributed by atoms with Crippen LogP contribution in [0.5, 0.6) is 0 Å². The molecule has 1 aliphatic rings. The number of sulfone groups is 1. The van der Waals surface area contributed by atoms with E-state index in [1.165, 1.54) is 7.05 Å². The lowest BCUT2D eigenvalue weighted by atomic mass is 10.1. The van der Waals surface area contributed by atoms with Crippen LogP contribution in [-0.2, 0) is 14.6 Å². The Kier molecular flexibility index (Phi) is 3.14. The van der Waals surface area contributed by atoms with E-state index >= 15 is 0 Å². The van der Waals surface area contributed by atoms with E-state index in [0.717, 1.165) is 4.90 Å². The molecule has 6 nitrogen and oxygen atoms in total. The van der Waals surface area contributed by atoms with Gasteiger partial charge in [0, 0.05) is 7.05 Å². The minimum atomic E-state index is -3.20. The molecule has 0 saturated carbocycles. The fourth-order valence-electron chi connectivity index (χ4n) is 1.52. The molecular weight excluding hydrogens is 244 g/mol. The second-order valence-electron chi connectivity index (χ2n) is 5.21. The number of carbonyl (C=O) groups is 1. The Hall–Kier alpha value is -1.29. The van der Waals surface area contributed by atoms with Gasteiger partial charge >= 0.3 is 6.09 Å². The number of nitrogens with zero attached hydrogens (tertiary/aromatic N) is 2. The van der Waals surface area contributed by atoms with Gasteiger partial charge in [0.15, 0.2) is 15.4 Å². The molecule has 0 aromatic rings. The normalized spacial score (nSPS) is 20.9. The lowest BCUT2D eigenvalue weighted by Crippen LogP contribution is -2.65. The summed E-state index contributed by atoms with van der Waals surface area (Å²) in [7, 11) is -1.81. The lowest BCUT2D eigenvalue weighted by molar-refractivity contribution is 0.0176. The third-order valence-corrected chi connectivity index (χ3v) is 4.27. The molecular formula is C10H16N2O4S. The van der Waals surface area contributed by atoms with Crippen LogP contribution < -0.4 is 0 Å². The average molecular weight is 260 g/mol. The molecule has 1 aliphatic heterocycles. The number of hydrogen-bond acceptors (Lipinski definition) is 5. The molecule has 0 unspecified atom stereocenters. The Morgan fingerprint density at radius 2 is 1.88 bits per heavy atom. The van der Waals surface area contributed by atoms with E-state index in [2.05, 4.69) is 0 Å². The largest absolute Gasteiger partial charge is 0.444 e. The van der Waals surface area contributed by atoms with E-state index in [9.17, 15) is 13.2 Å². The van der Waals surface area contributed by atoms with Gasteiger partial charge in [-0.2, -0.15) is 5.26 Å². The van der Waals surface area contributed by atoms with Gasteiger partial charge in [-0.05, 0) is 20.8 Å². The predicted molar refractivity (Wildman–Crippen MR) is 61.0 cm³/mol. The molecule has 0 bridgehead atoms. The van der Waals surface area contributed by atoms with Crippen LogP contribution >= 0.6 is 0 Å². The van der Waals surface area contributed by atoms with Gasteiger partial charge < -0.3 is 4.74 Å². The van der Waals surface area contributed by atoms with Crippen molar-refractivity contribution in [3.05, 3.63) is 0 Å². The van der Waals surface area contributed by atoms with E-state index in [0.29, 0.717) is 0 Å². The third kappa shape index (κ3) is 2.88. The highest BCUT2D eigenvalue weighted by molar-refractivity contribution is 7.93. The van der Waals surface area contributed by atoms with Gasteiger partial charge in [-0.1, -0.05) is 0 Å². The highest BCUT2D eigenvalue weighted by Gasteiger charge is 2.54. The zero-order chi connectivity index (χ0) is 13.5. The Balaban J connectivity index is 2.80. The monoisotopic (exact) mass is 260 g/mol. The highest BCUT2D eigenvalue weighted by Crippen LogP contribution is 2.29. The van der Waals surface area contributed by atoms with Crippen molar-refractivity contribution in [3.8, 4) is 6.07 Å². The number of amides is 1. The molecule has 7 heteroatoms. The van der Waals surface area contributed by atoms with E-state index in [4.69, 9.17) is 10.00 Å². The van der Waals surface area contributed by atoms with Crippen LogP contribution in [0.3, 0.4) is 0 Å². The summed E-state index contributed by atoms with van der Waals surface area (Å²) in [5, 5.41) is 9.02. The first-order valence-electron chi connectivity index (χ1n) is 5.10. The van der Waals surface area contributed by atoms with Crippen LogP contribution in [0.25, 0.3) is 0 Å². The summed E-state index contributed by atoms with van der Waals surface area (Å²) in [6.07, 6.45) is -0.686. The minimum absolute atomic E-state index is 0.327. The Morgan fingerprint density at radius 1 is 1.41 bits per heavy atom. The molecule has 0 aromatic heterocycles. The molecule has 1 heterocycles. The summed E-state index contributed by atoms with van der Waals surface area (Å²) in [5.74, 6) is -0.654. The topological polar surface area (TPSA) is 87.5 Å². The first-order chi connectivity index (χ1) is 7.51. The van der Waals surface area contributed by atoms with Crippen LogP contribution in [-0.4, -0.2) is 49.1 Å². The lowest BCUT2D eigenvalue weighted by Gasteiger charge is -2.42. The molecule has 0 aromatic carbocycles. The maximum Gasteiger partial charge on any atom is 0.411 e. The molecule has 96 valence electrons. The van der Waals surface area contributed by atoms with Crippen molar-refractivity contribution < 1.29 is 17.9 Å². The number of rotatable bonds is 1. The Labute approximate surface area is 101 Å².